The summed E-state index contributed by atoms with van der Waals surface area (Å²) in [6.07, 6.45) is 0.918. The maximum absolute atomic E-state index is 12.9. The van der Waals surface area contributed by atoms with Gasteiger partial charge < -0.3 is 4.90 Å². The van der Waals surface area contributed by atoms with E-state index in [1.165, 1.54) is 5.56 Å². The van der Waals surface area contributed by atoms with Crippen molar-refractivity contribution in [1.82, 2.24) is 19.6 Å². The molecule has 0 radical (unpaired) electrons. The van der Waals surface area contributed by atoms with Crippen molar-refractivity contribution in [2.24, 2.45) is 0 Å². The number of aromatic nitrogens is 2. The third-order valence-electron chi connectivity index (χ3n) is 5.69. The lowest BCUT2D eigenvalue weighted by molar-refractivity contribution is 0.0761. The van der Waals surface area contributed by atoms with Crippen molar-refractivity contribution in [3.05, 3.63) is 87.2 Å². The van der Waals surface area contributed by atoms with Crippen molar-refractivity contribution >= 4 is 29.1 Å². The number of nitrogens with zero attached hydrogens (tertiary/aromatic N) is 4. The number of carbonyl (C=O) groups is 1. The monoisotopic (exact) mass is 456 g/mol. The maximum Gasteiger partial charge on any atom is 0.253 e. The minimum Gasteiger partial charge on any atom is -0.337 e. The summed E-state index contributed by atoms with van der Waals surface area (Å²) in [7, 11) is 0. The molecule has 1 amide bonds. The van der Waals surface area contributed by atoms with Crippen molar-refractivity contribution < 1.29 is 4.79 Å². The van der Waals surface area contributed by atoms with Gasteiger partial charge in [0.25, 0.3) is 5.91 Å². The summed E-state index contributed by atoms with van der Waals surface area (Å²) in [5.41, 5.74) is 3.83. The van der Waals surface area contributed by atoms with Crippen LogP contribution in [-0.4, -0.2) is 51.7 Å². The number of benzene rings is 2. The fraction of sp³-hybridized carbons (Fsp3) is 0.333. The fourth-order valence-electron chi connectivity index (χ4n) is 3.99. The summed E-state index contributed by atoms with van der Waals surface area (Å²) in [4.78, 5) is 17.1. The third-order valence-corrected chi connectivity index (χ3v) is 6.35. The molecule has 0 bridgehead atoms. The molecule has 31 heavy (non-hydrogen) atoms. The van der Waals surface area contributed by atoms with Crippen LogP contribution >= 0.6 is 23.2 Å². The zero-order chi connectivity index (χ0) is 21.8. The van der Waals surface area contributed by atoms with Gasteiger partial charge in [0.1, 0.15) is 5.15 Å². The molecular formula is C24H26Cl2N4O. The summed E-state index contributed by atoms with van der Waals surface area (Å²) in [5.74, 6) is 0.0363. The molecule has 0 aliphatic carbocycles. The van der Waals surface area contributed by atoms with E-state index < -0.39 is 0 Å². The van der Waals surface area contributed by atoms with E-state index in [-0.39, 0.29) is 5.91 Å². The first-order valence-corrected chi connectivity index (χ1v) is 11.3. The molecule has 3 aromatic rings. The summed E-state index contributed by atoms with van der Waals surface area (Å²) >= 11 is 12.8. The van der Waals surface area contributed by atoms with Gasteiger partial charge >= 0.3 is 0 Å². The van der Waals surface area contributed by atoms with Crippen LogP contribution < -0.4 is 0 Å². The molecule has 0 N–H and O–H groups in total. The van der Waals surface area contributed by atoms with E-state index in [0.29, 0.717) is 28.8 Å². The van der Waals surface area contributed by atoms with Crippen LogP contribution in [0.4, 0.5) is 0 Å². The van der Waals surface area contributed by atoms with Crippen molar-refractivity contribution in [2.75, 3.05) is 26.2 Å². The molecule has 5 nitrogen and oxygen atoms in total. The Labute approximate surface area is 193 Å². The number of carbonyl (C=O) groups excluding carboxylic acids is 1. The van der Waals surface area contributed by atoms with Crippen LogP contribution in [0.5, 0.6) is 0 Å². The average molecular weight is 457 g/mol. The van der Waals surface area contributed by atoms with E-state index in [9.17, 15) is 4.79 Å². The molecule has 1 aliphatic rings. The zero-order valence-corrected chi connectivity index (χ0v) is 19.1. The van der Waals surface area contributed by atoms with E-state index in [4.69, 9.17) is 23.2 Å². The Bertz CT molecular complexity index is 1050. The van der Waals surface area contributed by atoms with Gasteiger partial charge in [0.05, 0.1) is 12.2 Å². The van der Waals surface area contributed by atoms with E-state index in [1.54, 1.807) is 12.1 Å². The highest BCUT2D eigenvalue weighted by Gasteiger charge is 2.23. The largest absolute Gasteiger partial charge is 0.337 e. The molecule has 0 unspecified atom stereocenters. The van der Waals surface area contributed by atoms with Crippen LogP contribution in [0.2, 0.25) is 10.2 Å². The van der Waals surface area contributed by atoms with E-state index in [0.717, 1.165) is 43.9 Å². The molecule has 0 spiro atoms. The Morgan fingerprint density at radius 2 is 1.77 bits per heavy atom. The number of amides is 1. The highest BCUT2D eigenvalue weighted by atomic mass is 35.5. The molecule has 1 aromatic heterocycles. The van der Waals surface area contributed by atoms with Gasteiger partial charge in [-0.15, -0.1) is 0 Å². The SMILES string of the molecule is Cc1nn(Cc2ccccc2)c(Cl)c1CN1CCCN(C(=O)c2cccc(Cl)c2)CC1. The molecule has 7 heteroatoms. The molecular weight excluding hydrogens is 431 g/mol. The molecule has 0 atom stereocenters. The summed E-state index contributed by atoms with van der Waals surface area (Å²) in [5, 5.41) is 5.94. The van der Waals surface area contributed by atoms with Gasteiger partial charge in [0, 0.05) is 48.9 Å². The predicted molar refractivity (Wildman–Crippen MR) is 125 cm³/mol. The number of rotatable bonds is 5. The van der Waals surface area contributed by atoms with Crippen LogP contribution in [-0.2, 0) is 13.1 Å². The van der Waals surface area contributed by atoms with Crippen LogP contribution in [0.15, 0.2) is 54.6 Å². The van der Waals surface area contributed by atoms with E-state index in [1.807, 2.05) is 46.8 Å². The zero-order valence-electron chi connectivity index (χ0n) is 17.6. The van der Waals surface area contributed by atoms with Crippen LogP contribution in [0.3, 0.4) is 0 Å². The number of hydrogen-bond donors (Lipinski definition) is 0. The summed E-state index contributed by atoms with van der Waals surface area (Å²) in [6, 6.07) is 17.4. The second kappa shape index (κ2) is 9.86. The summed E-state index contributed by atoms with van der Waals surface area (Å²) in [6.45, 7) is 6.53. The van der Waals surface area contributed by atoms with Gasteiger partial charge in [-0.25, -0.2) is 4.68 Å². The van der Waals surface area contributed by atoms with Gasteiger partial charge in [0.2, 0.25) is 0 Å². The fourth-order valence-corrected chi connectivity index (χ4v) is 4.48. The molecule has 4 rings (SSSR count). The Balaban J connectivity index is 1.41. The lowest BCUT2D eigenvalue weighted by atomic mass is 10.2. The second-order valence-electron chi connectivity index (χ2n) is 7.93. The van der Waals surface area contributed by atoms with Gasteiger partial charge in [-0.05, 0) is 37.1 Å². The number of aryl methyl sites for hydroxylation is 1. The van der Waals surface area contributed by atoms with Gasteiger partial charge in [-0.3, -0.25) is 9.69 Å². The molecule has 1 aliphatic heterocycles. The highest BCUT2D eigenvalue weighted by Crippen LogP contribution is 2.23. The first-order chi connectivity index (χ1) is 15.0. The van der Waals surface area contributed by atoms with E-state index >= 15 is 0 Å². The number of halogens is 2. The van der Waals surface area contributed by atoms with Gasteiger partial charge in [0.15, 0.2) is 0 Å². The first-order valence-electron chi connectivity index (χ1n) is 10.5. The molecule has 0 saturated carbocycles. The molecule has 162 valence electrons. The lowest BCUT2D eigenvalue weighted by Crippen LogP contribution is -2.35. The first kappa shape index (κ1) is 21.9. The molecule has 1 fully saturated rings. The smallest absolute Gasteiger partial charge is 0.253 e. The number of hydrogen-bond acceptors (Lipinski definition) is 3. The van der Waals surface area contributed by atoms with Crippen LogP contribution in [0.25, 0.3) is 0 Å². The Morgan fingerprint density at radius 3 is 2.55 bits per heavy atom. The van der Waals surface area contributed by atoms with Crippen LogP contribution in [0, 0.1) is 6.92 Å². The predicted octanol–water partition coefficient (Wildman–Crippen LogP) is 4.89. The average Bonchev–Trinajstić information content (AvgIpc) is 2.93. The standard InChI is InChI=1S/C24H26Cl2N4O/c1-18-22(23(26)30(27-18)16-19-7-3-2-4-8-19)17-28-11-6-12-29(14-13-28)24(31)20-9-5-10-21(25)15-20/h2-5,7-10,15H,6,11-14,16-17H2,1H3. The Morgan fingerprint density at radius 1 is 0.968 bits per heavy atom. The normalized spacial score (nSPS) is 15.1. The molecule has 2 heterocycles. The van der Waals surface area contributed by atoms with Gasteiger partial charge in [-0.2, -0.15) is 5.10 Å². The third kappa shape index (κ3) is 5.29. The van der Waals surface area contributed by atoms with Crippen LogP contribution in [0.1, 0.15) is 33.6 Å². The second-order valence-corrected chi connectivity index (χ2v) is 8.72. The van der Waals surface area contributed by atoms with Gasteiger partial charge in [-0.1, -0.05) is 59.6 Å². The van der Waals surface area contributed by atoms with Crippen molar-refractivity contribution in [1.29, 1.82) is 0 Å². The maximum atomic E-state index is 12.9. The topological polar surface area (TPSA) is 41.4 Å². The molecule has 2 aromatic carbocycles. The highest BCUT2D eigenvalue weighted by molar-refractivity contribution is 6.31. The molecule has 1 saturated heterocycles. The lowest BCUT2D eigenvalue weighted by Gasteiger charge is -2.22. The quantitative estimate of drug-likeness (QED) is 0.548. The van der Waals surface area contributed by atoms with Crippen molar-refractivity contribution in [2.45, 2.75) is 26.4 Å². The minimum absolute atomic E-state index is 0.0363. The van der Waals surface area contributed by atoms with Crippen molar-refractivity contribution in [3.63, 3.8) is 0 Å². The van der Waals surface area contributed by atoms with E-state index in [2.05, 4.69) is 22.1 Å². The Kier molecular flexibility index (Phi) is 6.96. The Hall–Kier alpha value is -2.34. The van der Waals surface area contributed by atoms with Crippen molar-refractivity contribution in [3.8, 4) is 0 Å². The minimum atomic E-state index is 0.0363. The summed E-state index contributed by atoms with van der Waals surface area (Å²) < 4.78 is 1.87.